The van der Waals surface area contributed by atoms with Crippen molar-refractivity contribution in [3.63, 3.8) is 0 Å². The van der Waals surface area contributed by atoms with Crippen LogP contribution in [0, 0.1) is 10.1 Å². The lowest BCUT2D eigenvalue weighted by molar-refractivity contribution is -0.757. The largest absolute Gasteiger partial charge is 0.453 e. The van der Waals surface area contributed by atoms with Crippen molar-refractivity contribution in [3.05, 3.63) is 80.9 Å². The Morgan fingerprint density at radius 1 is 1.05 bits per heavy atom. The minimum absolute atomic E-state index is 0.00235. The second kappa shape index (κ2) is 14.8. The Labute approximate surface area is 246 Å². The van der Waals surface area contributed by atoms with E-state index in [2.05, 4.69) is 32.2 Å². The molecular weight excluding hydrogens is 566 g/mol. The average molecular weight is 596 g/mol. The molecule has 0 aliphatic heterocycles. The predicted molar refractivity (Wildman–Crippen MR) is 153 cm³/mol. The average Bonchev–Trinajstić information content (AvgIpc) is 3.60. The van der Waals surface area contributed by atoms with Gasteiger partial charge in [-0.1, -0.05) is 78.3 Å². The predicted octanol–water partition coefficient (Wildman–Crippen LogP) is 5.42. The fraction of sp³-hybridized carbons (Fsp3) is 0.357. The summed E-state index contributed by atoms with van der Waals surface area (Å²) >= 11 is 6.22. The Morgan fingerprint density at radius 3 is 2.50 bits per heavy atom. The van der Waals surface area contributed by atoms with E-state index in [-0.39, 0.29) is 24.2 Å². The van der Waals surface area contributed by atoms with Crippen LogP contribution in [0.3, 0.4) is 0 Å². The number of hydrogen-bond acceptors (Lipinski definition) is 10. The number of carbonyl (C=O) groups is 2. The van der Waals surface area contributed by atoms with Crippen LogP contribution < -0.4 is 0 Å². The Balaban J connectivity index is 1.43. The van der Waals surface area contributed by atoms with Crippen molar-refractivity contribution in [3.8, 4) is 22.5 Å². The standard InChI is InChI=1S/C28H30ClN7O6/c1-2-3-11-25-30-26(29)24(19-37)34(25)18-20-12-14-21(15-13-20)22-9-5-6-10-23(22)27-31-33-35(32-27)28(38)41-16-7-4-8-17-42-36(39)40/h5-6,9-10,12-15,19H,2-4,7-8,11,16-18H2,1H3. The third kappa shape index (κ3) is 7.75. The molecule has 0 aliphatic carbocycles. The molecule has 0 N–H and O–H groups in total. The van der Waals surface area contributed by atoms with Crippen LogP contribution in [0.1, 0.15) is 60.9 Å². The summed E-state index contributed by atoms with van der Waals surface area (Å²) in [6.45, 7) is 2.66. The van der Waals surface area contributed by atoms with Crippen LogP contribution in [-0.4, -0.2) is 60.4 Å². The maximum atomic E-state index is 12.4. The number of halogens is 1. The number of ether oxygens (including phenoxy) is 1. The van der Waals surface area contributed by atoms with Gasteiger partial charge in [0.2, 0.25) is 5.82 Å². The number of tetrazole rings is 1. The van der Waals surface area contributed by atoms with Crippen molar-refractivity contribution >= 4 is 24.0 Å². The second-order valence-electron chi connectivity index (χ2n) is 9.39. The smallest absolute Gasteiger partial charge is 0.447 e. The molecule has 0 amide bonds. The van der Waals surface area contributed by atoms with Gasteiger partial charge in [0.05, 0.1) is 13.2 Å². The van der Waals surface area contributed by atoms with E-state index in [4.69, 9.17) is 16.3 Å². The number of carbonyl (C=O) groups excluding carboxylic acids is 2. The molecule has 0 aliphatic rings. The summed E-state index contributed by atoms with van der Waals surface area (Å²) in [4.78, 5) is 43.6. The molecule has 0 fully saturated rings. The van der Waals surface area contributed by atoms with Crippen molar-refractivity contribution in [2.75, 3.05) is 13.2 Å². The molecule has 4 rings (SSSR count). The van der Waals surface area contributed by atoms with E-state index in [0.717, 1.165) is 52.9 Å². The normalized spacial score (nSPS) is 10.9. The molecule has 2 heterocycles. The third-order valence-electron chi connectivity index (χ3n) is 6.47. The number of unbranched alkanes of at least 4 members (excludes halogenated alkanes) is 3. The lowest BCUT2D eigenvalue weighted by Crippen LogP contribution is -2.17. The van der Waals surface area contributed by atoms with Gasteiger partial charge in [0.1, 0.15) is 11.5 Å². The van der Waals surface area contributed by atoms with Gasteiger partial charge in [-0.2, -0.15) is 0 Å². The van der Waals surface area contributed by atoms with Crippen LogP contribution in [0.5, 0.6) is 0 Å². The summed E-state index contributed by atoms with van der Waals surface area (Å²) in [6.07, 6.45) is 4.23. The molecule has 0 saturated carbocycles. The van der Waals surface area contributed by atoms with E-state index in [1.54, 1.807) is 0 Å². The van der Waals surface area contributed by atoms with Crippen LogP contribution in [-0.2, 0) is 22.5 Å². The zero-order valence-electron chi connectivity index (χ0n) is 23.0. The fourth-order valence-electron chi connectivity index (χ4n) is 4.33. The lowest BCUT2D eigenvalue weighted by Gasteiger charge is -2.11. The first-order valence-corrected chi connectivity index (χ1v) is 13.9. The molecule has 0 spiro atoms. The Kier molecular flexibility index (Phi) is 10.7. The van der Waals surface area contributed by atoms with Gasteiger partial charge in [-0.3, -0.25) is 4.79 Å². The van der Waals surface area contributed by atoms with Crippen molar-refractivity contribution in [1.82, 2.24) is 29.8 Å². The molecule has 42 heavy (non-hydrogen) atoms. The van der Waals surface area contributed by atoms with E-state index in [1.165, 1.54) is 0 Å². The van der Waals surface area contributed by atoms with Gasteiger partial charge in [0.15, 0.2) is 11.4 Å². The maximum absolute atomic E-state index is 12.4. The summed E-state index contributed by atoms with van der Waals surface area (Å²) in [7, 11) is 0. The molecule has 0 unspecified atom stereocenters. The van der Waals surface area contributed by atoms with Crippen LogP contribution in [0.4, 0.5) is 4.79 Å². The molecule has 0 bridgehead atoms. The minimum Gasteiger partial charge on any atom is -0.447 e. The number of aldehydes is 1. The SMILES string of the molecule is CCCCc1nc(Cl)c(C=O)n1Cc1ccc(-c2ccccc2-c2nnn(C(=O)OCCCCCO[N+](=O)[O-])n2)cc1. The zero-order valence-corrected chi connectivity index (χ0v) is 23.8. The number of rotatable bonds is 15. The molecular formula is C28H30ClN7O6. The number of hydrogen-bond donors (Lipinski definition) is 0. The van der Waals surface area contributed by atoms with Crippen molar-refractivity contribution < 1.29 is 24.3 Å². The topological polar surface area (TPSA) is 157 Å². The first kappa shape index (κ1) is 30.3. The van der Waals surface area contributed by atoms with E-state index >= 15 is 0 Å². The molecule has 2 aromatic heterocycles. The number of imidazole rings is 1. The van der Waals surface area contributed by atoms with Gasteiger partial charge in [-0.25, -0.2) is 9.78 Å². The molecule has 14 heteroatoms. The van der Waals surface area contributed by atoms with E-state index in [1.807, 2.05) is 53.1 Å². The zero-order chi connectivity index (χ0) is 29.9. The van der Waals surface area contributed by atoms with Gasteiger partial charge in [0, 0.05) is 18.5 Å². The Morgan fingerprint density at radius 2 is 1.79 bits per heavy atom. The summed E-state index contributed by atoms with van der Waals surface area (Å²) in [5.41, 5.74) is 3.77. The summed E-state index contributed by atoms with van der Waals surface area (Å²) in [6, 6.07) is 15.4. The van der Waals surface area contributed by atoms with Gasteiger partial charge >= 0.3 is 6.09 Å². The highest BCUT2D eigenvalue weighted by Gasteiger charge is 2.18. The van der Waals surface area contributed by atoms with Crippen molar-refractivity contribution in [2.24, 2.45) is 0 Å². The number of benzene rings is 2. The minimum atomic E-state index is -0.837. The molecule has 0 saturated heterocycles. The number of aryl methyl sites for hydroxylation is 1. The number of aromatic nitrogens is 6. The van der Waals surface area contributed by atoms with Gasteiger partial charge in [-0.05, 0) is 47.6 Å². The second-order valence-corrected chi connectivity index (χ2v) is 9.75. The summed E-state index contributed by atoms with van der Waals surface area (Å²) < 4.78 is 7.04. The van der Waals surface area contributed by atoms with Gasteiger partial charge in [-0.15, -0.1) is 20.3 Å². The highest BCUT2D eigenvalue weighted by molar-refractivity contribution is 6.31. The molecule has 220 valence electrons. The maximum Gasteiger partial charge on any atom is 0.453 e. The van der Waals surface area contributed by atoms with Crippen LogP contribution in [0.15, 0.2) is 48.5 Å². The van der Waals surface area contributed by atoms with Gasteiger partial charge in [0.25, 0.3) is 5.09 Å². The van der Waals surface area contributed by atoms with Gasteiger partial charge < -0.3 is 14.1 Å². The monoisotopic (exact) mass is 595 g/mol. The highest BCUT2D eigenvalue weighted by atomic mass is 35.5. The van der Waals surface area contributed by atoms with Crippen molar-refractivity contribution in [1.29, 1.82) is 0 Å². The van der Waals surface area contributed by atoms with Crippen LogP contribution in [0.2, 0.25) is 5.15 Å². The Bertz CT molecular complexity index is 1520. The quantitative estimate of drug-likeness (QED) is 0.0751. The molecule has 0 radical (unpaired) electrons. The van der Waals surface area contributed by atoms with E-state index in [9.17, 15) is 19.7 Å². The molecule has 13 nitrogen and oxygen atoms in total. The van der Waals surface area contributed by atoms with Crippen LogP contribution >= 0.6 is 11.6 Å². The first-order valence-electron chi connectivity index (χ1n) is 13.5. The molecule has 4 aromatic rings. The fourth-order valence-corrected chi connectivity index (χ4v) is 4.58. The van der Waals surface area contributed by atoms with E-state index < -0.39 is 11.2 Å². The number of nitrogens with zero attached hydrogens (tertiary/aromatic N) is 7. The lowest BCUT2D eigenvalue weighted by atomic mass is 9.98. The summed E-state index contributed by atoms with van der Waals surface area (Å²) in [5.74, 6) is 1.04. The highest BCUT2D eigenvalue weighted by Crippen LogP contribution is 2.30. The molecule has 2 aromatic carbocycles. The Hall–Kier alpha value is -4.65. The third-order valence-corrected chi connectivity index (χ3v) is 6.75. The first-order chi connectivity index (χ1) is 20.4. The van der Waals surface area contributed by atoms with E-state index in [0.29, 0.717) is 37.1 Å². The van der Waals surface area contributed by atoms with Crippen LogP contribution in [0.25, 0.3) is 22.5 Å². The summed E-state index contributed by atoms with van der Waals surface area (Å²) in [5, 5.41) is 21.6. The van der Waals surface area contributed by atoms with Crippen molar-refractivity contribution in [2.45, 2.75) is 52.0 Å². The molecule has 0 atom stereocenters.